The van der Waals surface area contributed by atoms with Crippen LogP contribution in [0.15, 0.2) is 0 Å². The van der Waals surface area contributed by atoms with Gasteiger partial charge in [0.1, 0.15) is 0 Å². The Morgan fingerprint density at radius 1 is 1.18 bits per heavy atom. The van der Waals surface area contributed by atoms with Crippen molar-refractivity contribution in [3.05, 3.63) is 0 Å². The van der Waals surface area contributed by atoms with Gasteiger partial charge in [-0.25, -0.2) is 0 Å². The first-order valence-corrected chi connectivity index (χ1v) is 4.51. The van der Waals surface area contributed by atoms with E-state index in [1.165, 1.54) is 12.8 Å². The van der Waals surface area contributed by atoms with Crippen LogP contribution in [0.2, 0.25) is 0 Å². The van der Waals surface area contributed by atoms with Crippen LogP contribution in [0.25, 0.3) is 0 Å². The molecule has 0 spiro atoms. The van der Waals surface area contributed by atoms with Gasteiger partial charge in [0.2, 0.25) is 0 Å². The highest BCUT2D eigenvalue weighted by Crippen LogP contribution is 2.05. The van der Waals surface area contributed by atoms with Gasteiger partial charge in [0.15, 0.2) is 0 Å². The van der Waals surface area contributed by atoms with Crippen LogP contribution in [-0.2, 0) is 0 Å². The summed E-state index contributed by atoms with van der Waals surface area (Å²) >= 11 is 0. The van der Waals surface area contributed by atoms with E-state index in [1.54, 1.807) is 0 Å². The topological polar surface area (TPSA) is 32.3 Å². The molecular formula is C9H21NO. The van der Waals surface area contributed by atoms with Crippen LogP contribution >= 0.6 is 0 Å². The van der Waals surface area contributed by atoms with Gasteiger partial charge in [0.25, 0.3) is 0 Å². The van der Waals surface area contributed by atoms with Gasteiger partial charge in [0, 0.05) is 12.6 Å². The first kappa shape index (κ1) is 10.9. The minimum absolute atomic E-state index is 0.242. The Morgan fingerprint density at radius 3 is 2.27 bits per heavy atom. The van der Waals surface area contributed by atoms with Gasteiger partial charge < -0.3 is 10.4 Å². The molecule has 2 N–H and O–H groups in total. The van der Waals surface area contributed by atoms with Crippen LogP contribution in [0.3, 0.4) is 0 Å². The molecule has 0 heterocycles. The molecule has 0 saturated heterocycles. The zero-order valence-electron chi connectivity index (χ0n) is 7.93. The SMILES string of the molecule is CC(C)CCC(C)NCCO. The molecule has 11 heavy (non-hydrogen) atoms. The van der Waals surface area contributed by atoms with Crippen molar-refractivity contribution in [2.45, 2.75) is 39.7 Å². The van der Waals surface area contributed by atoms with Crippen molar-refractivity contribution in [1.82, 2.24) is 5.32 Å². The molecule has 2 nitrogen and oxygen atoms in total. The second-order valence-electron chi connectivity index (χ2n) is 3.55. The third kappa shape index (κ3) is 7.82. The molecule has 0 aromatic rings. The molecule has 0 saturated carbocycles. The maximum Gasteiger partial charge on any atom is 0.0556 e. The predicted molar refractivity (Wildman–Crippen MR) is 48.6 cm³/mol. The highest BCUT2D eigenvalue weighted by molar-refractivity contribution is 4.60. The minimum Gasteiger partial charge on any atom is -0.395 e. The molecule has 0 radical (unpaired) electrons. The monoisotopic (exact) mass is 159 g/mol. The van der Waals surface area contributed by atoms with Crippen molar-refractivity contribution in [3.63, 3.8) is 0 Å². The Balaban J connectivity index is 3.15. The van der Waals surface area contributed by atoms with Crippen molar-refractivity contribution in [1.29, 1.82) is 0 Å². The molecule has 0 aromatic heterocycles. The van der Waals surface area contributed by atoms with E-state index >= 15 is 0 Å². The lowest BCUT2D eigenvalue weighted by Gasteiger charge is -2.13. The highest BCUT2D eigenvalue weighted by Gasteiger charge is 2.01. The van der Waals surface area contributed by atoms with Crippen LogP contribution in [0.4, 0.5) is 0 Å². The van der Waals surface area contributed by atoms with Crippen molar-refractivity contribution in [3.8, 4) is 0 Å². The van der Waals surface area contributed by atoms with E-state index in [4.69, 9.17) is 5.11 Å². The lowest BCUT2D eigenvalue weighted by Crippen LogP contribution is -2.28. The van der Waals surface area contributed by atoms with Gasteiger partial charge in [-0.2, -0.15) is 0 Å². The number of nitrogens with one attached hydrogen (secondary N) is 1. The fraction of sp³-hybridized carbons (Fsp3) is 1.00. The minimum atomic E-state index is 0.242. The van der Waals surface area contributed by atoms with Crippen LogP contribution in [0, 0.1) is 5.92 Å². The standard InChI is InChI=1S/C9H21NO/c1-8(2)4-5-9(3)10-6-7-11/h8-11H,4-7H2,1-3H3. The number of aliphatic hydroxyl groups is 1. The Hall–Kier alpha value is -0.0800. The van der Waals surface area contributed by atoms with Crippen LogP contribution < -0.4 is 5.32 Å². The number of rotatable bonds is 6. The summed E-state index contributed by atoms with van der Waals surface area (Å²) in [5.41, 5.74) is 0. The van der Waals surface area contributed by atoms with Crippen molar-refractivity contribution in [2.75, 3.05) is 13.2 Å². The van der Waals surface area contributed by atoms with Gasteiger partial charge in [-0.15, -0.1) is 0 Å². The fourth-order valence-corrected chi connectivity index (χ4v) is 0.996. The molecule has 68 valence electrons. The van der Waals surface area contributed by atoms with Crippen molar-refractivity contribution < 1.29 is 5.11 Å². The largest absolute Gasteiger partial charge is 0.395 e. The van der Waals surface area contributed by atoms with Crippen LogP contribution in [0.5, 0.6) is 0 Å². The van der Waals surface area contributed by atoms with Crippen LogP contribution in [0.1, 0.15) is 33.6 Å². The third-order valence-corrected chi connectivity index (χ3v) is 1.78. The molecule has 1 unspecified atom stereocenters. The summed E-state index contributed by atoms with van der Waals surface area (Å²) in [7, 11) is 0. The van der Waals surface area contributed by atoms with E-state index in [2.05, 4.69) is 26.1 Å². The van der Waals surface area contributed by atoms with Gasteiger partial charge in [0.05, 0.1) is 6.61 Å². The van der Waals surface area contributed by atoms with E-state index < -0.39 is 0 Å². The summed E-state index contributed by atoms with van der Waals surface area (Å²) in [6, 6.07) is 0.546. The van der Waals surface area contributed by atoms with Crippen molar-refractivity contribution in [2.24, 2.45) is 5.92 Å². The lowest BCUT2D eigenvalue weighted by atomic mass is 10.0. The molecule has 0 bridgehead atoms. The Bertz CT molecular complexity index is 83.6. The summed E-state index contributed by atoms with van der Waals surface area (Å²) in [6.45, 7) is 7.60. The van der Waals surface area contributed by atoms with Crippen molar-refractivity contribution >= 4 is 0 Å². The van der Waals surface area contributed by atoms with Gasteiger partial charge in [-0.1, -0.05) is 13.8 Å². The quantitative estimate of drug-likeness (QED) is 0.614. The molecule has 0 amide bonds. The fourth-order valence-electron chi connectivity index (χ4n) is 0.996. The lowest BCUT2D eigenvalue weighted by molar-refractivity contribution is 0.282. The molecule has 2 heteroatoms. The summed E-state index contributed by atoms with van der Waals surface area (Å²) in [4.78, 5) is 0. The molecule has 1 atom stereocenters. The summed E-state index contributed by atoms with van der Waals surface area (Å²) in [5.74, 6) is 0.786. The Labute approximate surface area is 70.0 Å². The zero-order chi connectivity index (χ0) is 8.69. The summed E-state index contributed by atoms with van der Waals surface area (Å²) in [5, 5.41) is 11.8. The molecular weight excluding hydrogens is 138 g/mol. The maximum atomic E-state index is 8.53. The normalized spacial score (nSPS) is 13.9. The third-order valence-electron chi connectivity index (χ3n) is 1.78. The second-order valence-corrected chi connectivity index (χ2v) is 3.55. The van der Waals surface area contributed by atoms with Gasteiger partial charge in [-0.3, -0.25) is 0 Å². The first-order valence-electron chi connectivity index (χ1n) is 4.51. The second kappa shape index (κ2) is 6.62. The molecule has 0 aliphatic rings. The van der Waals surface area contributed by atoms with Gasteiger partial charge in [-0.05, 0) is 25.7 Å². The first-order chi connectivity index (χ1) is 5.16. The summed E-state index contributed by atoms with van der Waals surface area (Å²) < 4.78 is 0. The molecule has 0 aromatic carbocycles. The van der Waals surface area contributed by atoms with E-state index in [0.717, 1.165) is 12.5 Å². The Kier molecular flexibility index (Phi) is 6.57. The molecule has 0 rings (SSSR count). The van der Waals surface area contributed by atoms with Gasteiger partial charge >= 0.3 is 0 Å². The number of hydrogen-bond acceptors (Lipinski definition) is 2. The molecule has 0 fully saturated rings. The molecule has 0 aliphatic carbocycles. The average Bonchev–Trinajstić information content (AvgIpc) is 1.97. The van der Waals surface area contributed by atoms with E-state index in [0.29, 0.717) is 6.04 Å². The van der Waals surface area contributed by atoms with Crippen LogP contribution in [-0.4, -0.2) is 24.3 Å². The van der Waals surface area contributed by atoms with E-state index in [1.807, 2.05) is 0 Å². The maximum absolute atomic E-state index is 8.53. The number of aliphatic hydroxyl groups excluding tert-OH is 1. The smallest absolute Gasteiger partial charge is 0.0556 e. The molecule has 0 aliphatic heterocycles. The average molecular weight is 159 g/mol. The van der Waals surface area contributed by atoms with E-state index in [-0.39, 0.29) is 6.61 Å². The summed E-state index contributed by atoms with van der Waals surface area (Å²) in [6.07, 6.45) is 2.47. The van der Waals surface area contributed by atoms with E-state index in [9.17, 15) is 0 Å². The highest BCUT2D eigenvalue weighted by atomic mass is 16.3. The zero-order valence-corrected chi connectivity index (χ0v) is 7.93. The Morgan fingerprint density at radius 2 is 1.82 bits per heavy atom. The number of hydrogen-bond donors (Lipinski definition) is 2. The predicted octanol–water partition coefficient (Wildman–Crippen LogP) is 1.39.